The first-order chi connectivity index (χ1) is 10.7. The molecular weight excluding hydrogens is 288 g/mol. The van der Waals surface area contributed by atoms with Gasteiger partial charge in [-0.15, -0.1) is 0 Å². The first-order valence-electron chi connectivity index (χ1n) is 8.86. The number of rotatable bonds is 2. The summed E-state index contributed by atoms with van der Waals surface area (Å²) in [5, 5.41) is 31.7. The van der Waals surface area contributed by atoms with Crippen LogP contribution in [0.5, 0.6) is 0 Å². The van der Waals surface area contributed by atoms with E-state index in [9.17, 15) is 15.3 Å². The molecule has 0 radical (unpaired) electrons. The lowest BCUT2D eigenvalue weighted by molar-refractivity contribution is -0.131. The molecule has 0 aromatic heterocycles. The summed E-state index contributed by atoms with van der Waals surface area (Å²) in [5.41, 5.74) is 2.69. The van der Waals surface area contributed by atoms with Gasteiger partial charge in [-0.25, -0.2) is 0 Å². The third kappa shape index (κ3) is 2.36. The zero-order valence-electron chi connectivity index (χ0n) is 14.7. The van der Waals surface area contributed by atoms with Gasteiger partial charge < -0.3 is 15.3 Å². The van der Waals surface area contributed by atoms with Crippen molar-refractivity contribution in [3.05, 3.63) is 34.9 Å². The average molecular weight is 318 g/mol. The molecule has 23 heavy (non-hydrogen) atoms. The molecule has 2 unspecified atom stereocenters. The van der Waals surface area contributed by atoms with Crippen molar-refractivity contribution in [2.75, 3.05) is 6.61 Å². The zero-order chi connectivity index (χ0) is 17.0. The topological polar surface area (TPSA) is 60.7 Å². The van der Waals surface area contributed by atoms with Gasteiger partial charge >= 0.3 is 0 Å². The Morgan fingerprint density at radius 2 is 1.87 bits per heavy atom. The number of fused-ring (bicyclic) bond motifs is 3. The van der Waals surface area contributed by atoms with Gasteiger partial charge in [-0.1, -0.05) is 52.3 Å². The molecule has 0 aliphatic heterocycles. The highest BCUT2D eigenvalue weighted by atomic mass is 16.3. The minimum atomic E-state index is -0.870. The predicted molar refractivity (Wildman–Crippen MR) is 91.4 cm³/mol. The minimum absolute atomic E-state index is 0.0520. The Bertz CT molecular complexity index is 597. The minimum Gasteiger partial charge on any atom is -0.396 e. The average Bonchev–Trinajstić information content (AvgIpc) is 2.52. The number of aliphatic hydroxyl groups is 3. The van der Waals surface area contributed by atoms with Crippen molar-refractivity contribution in [1.82, 2.24) is 0 Å². The van der Waals surface area contributed by atoms with Crippen LogP contribution in [0.25, 0.3) is 0 Å². The molecule has 3 N–H and O–H groups in total. The van der Waals surface area contributed by atoms with Crippen molar-refractivity contribution < 1.29 is 15.3 Å². The summed E-state index contributed by atoms with van der Waals surface area (Å²) in [6.45, 7) is 8.59. The van der Waals surface area contributed by atoms with E-state index < -0.39 is 12.2 Å². The molecule has 128 valence electrons. The maximum Gasteiger partial charge on any atom is 0.105 e. The maximum absolute atomic E-state index is 10.9. The molecule has 1 fully saturated rings. The standard InChI is InChI=1S/C20H30O3/c1-12(2)13-6-7-15-14(10-13)16(22)17(23)18-19(3,11-21)8-5-9-20(15,18)4/h6-7,10,12,16-18,21-23H,5,8-9,11H2,1-4H3/t16?,17-,18?,19+,20+/m0/s1. The highest BCUT2D eigenvalue weighted by Crippen LogP contribution is 2.59. The number of aliphatic hydroxyl groups excluding tert-OH is 3. The van der Waals surface area contributed by atoms with Crippen LogP contribution in [0, 0.1) is 11.3 Å². The number of benzene rings is 1. The summed E-state index contributed by atoms with van der Waals surface area (Å²) >= 11 is 0. The van der Waals surface area contributed by atoms with E-state index in [0.717, 1.165) is 30.4 Å². The monoisotopic (exact) mass is 318 g/mol. The first-order valence-corrected chi connectivity index (χ1v) is 8.86. The Kier molecular flexibility index (Phi) is 4.11. The smallest absolute Gasteiger partial charge is 0.105 e. The van der Waals surface area contributed by atoms with Crippen LogP contribution in [0.15, 0.2) is 18.2 Å². The fourth-order valence-electron chi connectivity index (χ4n) is 5.28. The maximum atomic E-state index is 10.9. The predicted octanol–water partition coefficient (Wildman–Crippen LogP) is 3.27. The third-order valence-electron chi connectivity index (χ3n) is 6.58. The Hall–Kier alpha value is -0.900. The second-order valence-corrected chi connectivity index (χ2v) is 8.50. The SMILES string of the molecule is CC(C)c1ccc2c(c1)C(O)[C@H](O)C1[C@@](C)(CO)CCC[C@]21C. The van der Waals surface area contributed by atoms with Gasteiger partial charge in [0.2, 0.25) is 0 Å². The van der Waals surface area contributed by atoms with E-state index in [1.807, 2.05) is 0 Å². The third-order valence-corrected chi connectivity index (χ3v) is 6.58. The van der Waals surface area contributed by atoms with Gasteiger partial charge in [0, 0.05) is 12.5 Å². The van der Waals surface area contributed by atoms with Gasteiger partial charge in [0.25, 0.3) is 0 Å². The zero-order valence-corrected chi connectivity index (χ0v) is 14.7. The van der Waals surface area contributed by atoms with E-state index in [0.29, 0.717) is 5.92 Å². The van der Waals surface area contributed by atoms with E-state index in [1.54, 1.807) is 0 Å². The fraction of sp³-hybridized carbons (Fsp3) is 0.700. The lowest BCUT2D eigenvalue weighted by Gasteiger charge is -2.57. The second kappa shape index (κ2) is 5.58. The molecule has 3 nitrogen and oxygen atoms in total. The molecule has 0 amide bonds. The summed E-state index contributed by atoms with van der Waals surface area (Å²) in [4.78, 5) is 0. The van der Waals surface area contributed by atoms with Crippen LogP contribution in [0.2, 0.25) is 0 Å². The molecule has 3 heteroatoms. The summed E-state index contributed by atoms with van der Waals surface area (Å²) in [5.74, 6) is 0.269. The fourth-order valence-corrected chi connectivity index (χ4v) is 5.28. The Balaban J connectivity index is 2.18. The Morgan fingerprint density at radius 1 is 1.17 bits per heavy atom. The quantitative estimate of drug-likeness (QED) is 0.784. The molecule has 0 bridgehead atoms. The van der Waals surface area contributed by atoms with Crippen molar-refractivity contribution in [3.8, 4) is 0 Å². The summed E-state index contributed by atoms with van der Waals surface area (Å²) in [7, 11) is 0. The molecule has 1 saturated carbocycles. The van der Waals surface area contributed by atoms with Crippen LogP contribution in [-0.4, -0.2) is 28.0 Å². The van der Waals surface area contributed by atoms with Crippen LogP contribution >= 0.6 is 0 Å². The molecular formula is C20H30O3. The first kappa shape index (κ1) is 16.9. The number of hydrogen-bond acceptors (Lipinski definition) is 3. The van der Waals surface area contributed by atoms with Crippen molar-refractivity contribution in [2.24, 2.45) is 11.3 Å². The van der Waals surface area contributed by atoms with E-state index in [4.69, 9.17) is 0 Å². The Morgan fingerprint density at radius 3 is 2.48 bits per heavy atom. The molecule has 1 aromatic carbocycles. The van der Waals surface area contributed by atoms with Crippen LogP contribution in [0.3, 0.4) is 0 Å². The molecule has 5 atom stereocenters. The Labute approximate surface area is 139 Å². The lowest BCUT2D eigenvalue weighted by Crippen LogP contribution is -2.57. The van der Waals surface area contributed by atoms with Crippen LogP contribution < -0.4 is 0 Å². The van der Waals surface area contributed by atoms with E-state index in [1.165, 1.54) is 5.56 Å². The normalized spacial score (nSPS) is 39.9. The van der Waals surface area contributed by atoms with Crippen molar-refractivity contribution in [3.63, 3.8) is 0 Å². The van der Waals surface area contributed by atoms with Gasteiger partial charge in [0.1, 0.15) is 6.10 Å². The summed E-state index contributed by atoms with van der Waals surface area (Å²) < 4.78 is 0. The molecule has 2 aliphatic rings. The van der Waals surface area contributed by atoms with Crippen molar-refractivity contribution in [1.29, 1.82) is 0 Å². The van der Waals surface area contributed by atoms with E-state index in [2.05, 4.69) is 45.9 Å². The highest BCUT2D eigenvalue weighted by molar-refractivity contribution is 5.44. The van der Waals surface area contributed by atoms with Crippen LogP contribution in [-0.2, 0) is 5.41 Å². The van der Waals surface area contributed by atoms with Crippen LogP contribution in [0.1, 0.15) is 75.7 Å². The lowest BCUT2D eigenvalue weighted by atomic mass is 9.48. The second-order valence-electron chi connectivity index (χ2n) is 8.50. The van der Waals surface area contributed by atoms with Gasteiger partial charge in [0.15, 0.2) is 0 Å². The molecule has 2 aliphatic carbocycles. The van der Waals surface area contributed by atoms with Gasteiger partial charge in [-0.3, -0.25) is 0 Å². The van der Waals surface area contributed by atoms with Gasteiger partial charge in [0.05, 0.1) is 6.10 Å². The summed E-state index contributed by atoms with van der Waals surface area (Å²) in [6.07, 6.45) is 1.23. The summed E-state index contributed by atoms with van der Waals surface area (Å²) in [6, 6.07) is 6.37. The highest BCUT2D eigenvalue weighted by Gasteiger charge is 2.57. The van der Waals surface area contributed by atoms with E-state index >= 15 is 0 Å². The van der Waals surface area contributed by atoms with Gasteiger partial charge in [-0.2, -0.15) is 0 Å². The number of hydrogen-bond donors (Lipinski definition) is 3. The molecule has 0 saturated heterocycles. The molecule has 3 rings (SSSR count). The molecule has 1 aromatic rings. The van der Waals surface area contributed by atoms with Crippen molar-refractivity contribution in [2.45, 2.75) is 70.5 Å². The van der Waals surface area contributed by atoms with Crippen molar-refractivity contribution >= 4 is 0 Å². The van der Waals surface area contributed by atoms with Crippen LogP contribution in [0.4, 0.5) is 0 Å². The molecule has 0 heterocycles. The van der Waals surface area contributed by atoms with E-state index in [-0.39, 0.29) is 23.4 Å². The van der Waals surface area contributed by atoms with Gasteiger partial charge in [-0.05, 0) is 46.3 Å². The largest absolute Gasteiger partial charge is 0.396 e. The molecule has 0 spiro atoms.